The molecule has 2 aromatic carbocycles. The molecule has 1 N–H and O–H groups in total. The van der Waals surface area contributed by atoms with E-state index in [0.29, 0.717) is 19.4 Å². The first-order chi connectivity index (χ1) is 12.5. The lowest BCUT2D eigenvalue weighted by atomic mass is 10.0. The molecule has 4 nitrogen and oxygen atoms in total. The fourth-order valence-corrected chi connectivity index (χ4v) is 2.69. The zero-order valence-corrected chi connectivity index (χ0v) is 13.9. The minimum Gasteiger partial charge on any atom is -0.396 e. The van der Waals surface area contributed by atoms with E-state index in [0.717, 1.165) is 34.6 Å². The molecule has 3 aromatic rings. The van der Waals surface area contributed by atoms with Crippen LogP contribution in [0, 0.1) is 0 Å². The molecule has 0 atom stereocenters. The van der Waals surface area contributed by atoms with Crippen molar-refractivity contribution >= 4 is 0 Å². The van der Waals surface area contributed by atoms with Crippen LogP contribution < -0.4 is 0 Å². The van der Waals surface area contributed by atoms with E-state index in [1.807, 2.05) is 28.8 Å². The zero-order chi connectivity index (χ0) is 18.6. The van der Waals surface area contributed by atoms with Gasteiger partial charge in [0.05, 0.1) is 12.1 Å². The fraction of sp³-hybridized carbons (Fsp3) is 0.263. The van der Waals surface area contributed by atoms with Crippen LogP contribution in [0.1, 0.15) is 23.4 Å². The molecular weight excluding hydrogens is 343 g/mol. The van der Waals surface area contributed by atoms with Gasteiger partial charge in [-0.3, -0.25) is 0 Å². The van der Waals surface area contributed by atoms with Gasteiger partial charge in [-0.15, -0.1) is 10.2 Å². The average molecular weight is 361 g/mol. The van der Waals surface area contributed by atoms with Crippen molar-refractivity contribution in [1.82, 2.24) is 14.8 Å². The van der Waals surface area contributed by atoms with Crippen LogP contribution >= 0.6 is 0 Å². The summed E-state index contributed by atoms with van der Waals surface area (Å²) in [5, 5.41) is 16.9. The summed E-state index contributed by atoms with van der Waals surface area (Å²) in [5.41, 5.74) is 1.97. The Morgan fingerprint density at radius 1 is 0.923 bits per heavy atom. The minimum atomic E-state index is -4.32. The minimum absolute atomic E-state index is 0.106. The highest BCUT2D eigenvalue weighted by molar-refractivity contribution is 5.64. The molecule has 0 aliphatic carbocycles. The highest BCUT2D eigenvalue weighted by Crippen LogP contribution is 2.31. The molecule has 0 saturated heterocycles. The molecule has 0 aliphatic heterocycles. The second-order valence-corrected chi connectivity index (χ2v) is 5.97. The molecule has 0 bridgehead atoms. The quantitative estimate of drug-likeness (QED) is 0.724. The monoisotopic (exact) mass is 361 g/mol. The molecule has 0 saturated carbocycles. The van der Waals surface area contributed by atoms with Crippen LogP contribution in [0.5, 0.6) is 0 Å². The summed E-state index contributed by atoms with van der Waals surface area (Å²) in [6.07, 6.45) is -1.39. The van der Waals surface area contributed by atoms with E-state index in [9.17, 15) is 13.2 Å². The smallest absolute Gasteiger partial charge is 0.396 e. The molecular formula is C19H18F3N3O. The van der Waals surface area contributed by atoms with E-state index in [-0.39, 0.29) is 6.61 Å². The summed E-state index contributed by atoms with van der Waals surface area (Å²) < 4.78 is 39.8. The molecule has 0 aliphatic rings. The second kappa shape index (κ2) is 7.70. The topological polar surface area (TPSA) is 50.9 Å². The number of hydrogen-bond donors (Lipinski definition) is 1. The van der Waals surface area contributed by atoms with Crippen molar-refractivity contribution in [3.8, 4) is 11.1 Å². The SMILES string of the molecule is OCCCc1nncn1Cc1ccc(-c2ccc(C(F)(F)F)cc2)cc1. The fourth-order valence-electron chi connectivity index (χ4n) is 2.69. The van der Waals surface area contributed by atoms with E-state index in [1.165, 1.54) is 12.1 Å². The Morgan fingerprint density at radius 3 is 2.12 bits per heavy atom. The molecule has 1 heterocycles. The number of halogens is 3. The molecule has 3 rings (SSSR count). The molecule has 0 fully saturated rings. The Bertz CT molecular complexity index is 840. The first-order valence-corrected chi connectivity index (χ1v) is 8.21. The molecule has 0 spiro atoms. The Balaban J connectivity index is 1.72. The Kier molecular flexibility index (Phi) is 5.37. The van der Waals surface area contributed by atoms with Gasteiger partial charge in [0.25, 0.3) is 0 Å². The number of hydrogen-bond acceptors (Lipinski definition) is 3. The van der Waals surface area contributed by atoms with Crippen LogP contribution in [0.4, 0.5) is 13.2 Å². The summed E-state index contributed by atoms with van der Waals surface area (Å²) in [4.78, 5) is 0. The Morgan fingerprint density at radius 2 is 1.54 bits per heavy atom. The van der Waals surface area contributed by atoms with Gasteiger partial charge in [-0.1, -0.05) is 36.4 Å². The average Bonchev–Trinajstić information content (AvgIpc) is 3.07. The second-order valence-electron chi connectivity index (χ2n) is 5.97. The normalized spacial score (nSPS) is 11.7. The number of rotatable bonds is 6. The first kappa shape index (κ1) is 18.1. The third-order valence-corrected chi connectivity index (χ3v) is 4.11. The number of aliphatic hydroxyl groups is 1. The van der Waals surface area contributed by atoms with Gasteiger partial charge in [-0.2, -0.15) is 13.2 Å². The van der Waals surface area contributed by atoms with Crippen molar-refractivity contribution in [2.45, 2.75) is 25.6 Å². The summed E-state index contributed by atoms with van der Waals surface area (Å²) in [7, 11) is 0. The maximum Gasteiger partial charge on any atom is 0.416 e. The van der Waals surface area contributed by atoms with Crippen LogP contribution in [0.25, 0.3) is 11.1 Å². The lowest BCUT2D eigenvalue weighted by Gasteiger charge is -2.09. The van der Waals surface area contributed by atoms with Gasteiger partial charge in [0.2, 0.25) is 0 Å². The lowest BCUT2D eigenvalue weighted by Crippen LogP contribution is -2.05. The largest absolute Gasteiger partial charge is 0.416 e. The molecule has 7 heteroatoms. The van der Waals surface area contributed by atoms with Gasteiger partial charge in [-0.25, -0.2) is 0 Å². The highest BCUT2D eigenvalue weighted by atomic mass is 19.4. The third kappa shape index (κ3) is 4.29. The Hall–Kier alpha value is -2.67. The van der Waals surface area contributed by atoms with E-state index >= 15 is 0 Å². The highest BCUT2D eigenvalue weighted by Gasteiger charge is 2.29. The molecule has 0 radical (unpaired) electrons. The first-order valence-electron chi connectivity index (χ1n) is 8.21. The van der Waals surface area contributed by atoms with Crippen LogP contribution in [-0.4, -0.2) is 26.5 Å². The Labute approximate surface area is 148 Å². The molecule has 0 amide bonds. The van der Waals surface area contributed by atoms with Crippen LogP contribution in [0.3, 0.4) is 0 Å². The van der Waals surface area contributed by atoms with E-state index in [2.05, 4.69) is 10.2 Å². The number of benzene rings is 2. The number of aliphatic hydroxyl groups excluding tert-OH is 1. The van der Waals surface area contributed by atoms with Gasteiger partial charge >= 0.3 is 6.18 Å². The van der Waals surface area contributed by atoms with Crippen molar-refractivity contribution in [1.29, 1.82) is 0 Å². The summed E-state index contributed by atoms with van der Waals surface area (Å²) in [6.45, 7) is 0.704. The van der Waals surface area contributed by atoms with Crippen molar-refractivity contribution < 1.29 is 18.3 Å². The number of nitrogens with zero attached hydrogens (tertiary/aromatic N) is 3. The zero-order valence-electron chi connectivity index (χ0n) is 13.9. The van der Waals surface area contributed by atoms with Gasteiger partial charge in [-0.05, 0) is 35.2 Å². The van der Waals surface area contributed by atoms with Crippen LogP contribution in [0.15, 0.2) is 54.9 Å². The summed E-state index contributed by atoms with van der Waals surface area (Å²) in [6, 6.07) is 12.8. The third-order valence-electron chi connectivity index (χ3n) is 4.11. The summed E-state index contributed by atoms with van der Waals surface area (Å²) in [5.74, 6) is 0.811. The maximum atomic E-state index is 12.6. The summed E-state index contributed by atoms with van der Waals surface area (Å²) >= 11 is 0. The van der Waals surface area contributed by atoms with E-state index in [1.54, 1.807) is 6.33 Å². The predicted molar refractivity (Wildman–Crippen MR) is 91.4 cm³/mol. The molecule has 1 aromatic heterocycles. The van der Waals surface area contributed by atoms with Crippen LogP contribution in [-0.2, 0) is 19.1 Å². The molecule has 136 valence electrons. The van der Waals surface area contributed by atoms with Crippen molar-refractivity contribution in [3.05, 3.63) is 71.8 Å². The number of aryl methyl sites for hydroxylation is 1. The molecule has 26 heavy (non-hydrogen) atoms. The van der Waals surface area contributed by atoms with Crippen molar-refractivity contribution in [2.24, 2.45) is 0 Å². The van der Waals surface area contributed by atoms with E-state index in [4.69, 9.17) is 5.11 Å². The molecule has 0 unspecified atom stereocenters. The van der Waals surface area contributed by atoms with Gasteiger partial charge in [0.1, 0.15) is 12.2 Å². The van der Waals surface area contributed by atoms with Gasteiger partial charge < -0.3 is 9.67 Å². The standard InChI is InChI=1S/C19H18F3N3O/c20-19(21,22)17-9-7-16(8-10-17)15-5-3-14(4-6-15)12-25-13-23-24-18(25)2-1-11-26/h3-10,13,26H,1-2,11-12H2. The van der Waals surface area contributed by atoms with Crippen LogP contribution in [0.2, 0.25) is 0 Å². The van der Waals surface area contributed by atoms with Crippen molar-refractivity contribution in [3.63, 3.8) is 0 Å². The maximum absolute atomic E-state index is 12.6. The van der Waals surface area contributed by atoms with E-state index < -0.39 is 11.7 Å². The van der Waals surface area contributed by atoms with Gasteiger partial charge in [0, 0.05) is 13.0 Å². The predicted octanol–water partition coefficient (Wildman–Crippen LogP) is 3.94. The van der Waals surface area contributed by atoms with Gasteiger partial charge in [0.15, 0.2) is 0 Å². The van der Waals surface area contributed by atoms with Crippen molar-refractivity contribution in [2.75, 3.05) is 6.61 Å². The lowest BCUT2D eigenvalue weighted by molar-refractivity contribution is -0.137. The number of alkyl halides is 3. The number of aromatic nitrogens is 3.